The van der Waals surface area contributed by atoms with Crippen LogP contribution in [0.5, 0.6) is 11.5 Å². The minimum atomic E-state index is -0.292. The fraction of sp³-hybridized carbons (Fsp3) is 0.158. The molecule has 0 unspecified atom stereocenters. The van der Waals surface area contributed by atoms with Crippen molar-refractivity contribution in [3.63, 3.8) is 0 Å². The van der Waals surface area contributed by atoms with Crippen LogP contribution in [0.3, 0.4) is 0 Å². The molecule has 0 fully saturated rings. The van der Waals surface area contributed by atoms with Crippen molar-refractivity contribution in [1.29, 1.82) is 0 Å². The van der Waals surface area contributed by atoms with E-state index in [2.05, 4.69) is 11.6 Å². The topological polar surface area (TPSA) is 52.8 Å². The van der Waals surface area contributed by atoms with Crippen molar-refractivity contribution in [3.05, 3.63) is 58.1 Å². The third kappa shape index (κ3) is 3.36. The van der Waals surface area contributed by atoms with Crippen LogP contribution in [0.25, 0.3) is 16.3 Å². The average Bonchev–Trinajstić information content (AvgIpc) is 3.27. The Hall–Kier alpha value is -2.64. The highest BCUT2D eigenvalue weighted by Gasteiger charge is 2.16. The maximum absolute atomic E-state index is 12.3. The summed E-state index contributed by atoms with van der Waals surface area (Å²) in [6.45, 7) is 5.44. The van der Waals surface area contributed by atoms with Gasteiger partial charge in [-0.1, -0.05) is 23.5 Å². The Morgan fingerprint density at radius 3 is 2.85 bits per heavy atom. The van der Waals surface area contributed by atoms with E-state index in [1.165, 1.54) is 17.4 Å². The lowest BCUT2D eigenvalue weighted by atomic mass is 10.2. The van der Waals surface area contributed by atoms with Gasteiger partial charge < -0.3 is 14.0 Å². The third-order valence-corrected chi connectivity index (χ3v) is 5.68. The predicted octanol–water partition coefficient (Wildman–Crippen LogP) is 3.86. The van der Waals surface area contributed by atoms with Gasteiger partial charge in [0, 0.05) is 29.6 Å². The normalized spacial score (nSPS) is 14.2. The SMILES string of the molecule is C=CCn1c(=NC(=O)C=Cc2cccs2)sc2cc3c(cc21)OCCO3. The summed E-state index contributed by atoms with van der Waals surface area (Å²) in [6.07, 6.45) is 5.06. The lowest BCUT2D eigenvalue weighted by molar-refractivity contribution is -0.113. The zero-order chi connectivity index (χ0) is 17.9. The molecule has 132 valence electrons. The quantitative estimate of drug-likeness (QED) is 0.507. The molecule has 1 aliphatic rings. The predicted molar refractivity (Wildman–Crippen MR) is 105 cm³/mol. The van der Waals surface area contributed by atoms with E-state index in [1.54, 1.807) is 23.5 Å². The number of carbonyl (C=O) groups excluding carboxylic acids is 1. The van der Waals surface area contributed by atoms with E-state index in [-0.39, 0.29) is 5.91 Å². The van der Waals surface area contributed by atoms with Crippen LogP contribution in [0, 0.1) is 0 Å². The number of ether oxygens (including phenoxy) is 2. The lowest BCUT2D eigenvalue weighted by Gasteiger charge is -2.18. The number of thiophene rings is 1. The van der Waals surface area contributed by atoms with Crippen LogP contribution >= 0.6 is 22.7 Å². The minimum Gasteiger partial charge on any atom is -0.486 e. The van der Waals surface area contributed by atoms with E-state index < -0.39 is 0 Å². The van der Waals surface area contributed by atoms with E-state index >= 15 is 0 Å². The number of benzene rings is 1. The second-order valence-corrected chi connectivity index (χ2v) is 7.53. The van der Waals surface area contributed by atoms with Gasteiger partial charge in [-0.05, 0) is 17.5 Å². The Balaban J connectivity index is 1.76. The molecule has 1 amide bonds. The van der Waals surface area contributed by atoms with E-state index in [0.29, 0.717) is 24.6 Å². The molecule has 26 heavy (non-hydrogen) atoms. The molecule has 3 heterocycles. The standard InChI is InChI=1S/C19H16N2O3S2/c1-2-7-21-14-11-15-16(24-9-8-23-15)12-17(14)26-19(21)20-18(22)6-5-13-4-3-10-25-13/h2-6,10-12H,1,7-9H2. The molecule has 0 atom stereocenters. The largest absolute Gasteiger partial charge is 0.486 e. The van der Waals surface area contributed by atoms with Gasteiger partial charge >= 0.3 is 0 Å². The Labute approximate surface area is 158 Å². The van der Waals surface area contributed by atoms with Crippen molar-refractivity contribution >= 4 is 44.9 Å². The van der Waals surface area contributed by atoms with Crippen molar-refractivity contribution < 1.29 is 14.3 Å². The van der Waals surface area contributed by atoms with E-state index in [4.69, 9.17) is 9.47 Å². The second kappa shape index (κ2) is 7.31. The Kier molecular flexibility index (Phi) is 4.73. The second-order valence-electron chi connectivity index (χ2n) is 5.55. The van der Waals surface area contributed by atoms with Crippen LogP contribution in [0.2, 0.25) is 0 Å². The van der Waals surface area contributed by atoms with Crippen molar-refractivity contribution in [2.45, 2.75) is 6.54 Å². The highest BCUT2D eigenvalue weighted by Crippen LogP contribution is 2.35. The van der Waals surface area contributed by atoms with Gasteiger partial charge in [0.2, 0.25) is 0 Å². The highest BCUT2D eigenvalue weighted by molar-refractivity contribution is 7.16. The first-order valence-corrected chi connectivity index (χ1v) is 9.78. The third-order valence-electron chi connectivity index (χ3n) is 3.80. The zero-order valence-electron chi connectivity index (χ0n) is 13.9. The summed E-state index contributed by atoms with van der Waals surface area (Å²) in [5.41, 5.74) is 0.952. The number of fused-ring (bicyclic) bond motifs is 2. The van der Waals surface area contributed by atoms with Gasteiger partial charge in [0.05, 0.1) is 10.2 Å². The Morgan fingerprint density at radius 1 is 1.31 bits per heavy atom. The summed E-state index contributed by atoms with van der Waals surface area (Å²) in [4.78, 5) is 18.2. The zero-order valence-corrected chi connectivity index (χ0v) is 15.5. The molecular weight excluding hydrogens is 368 g/mol. The monoisotopic (exact) mass is 384 g/mol. The van der Waals surface area contributed by atoms with E-state index in [1.807, 2.05) is 34.2 Å². The Bertz CT molecular complexity index is 1060. The number of allylic oxidation sites excluding steroid dienone is 1. The van der Waals surface area contributed by atoms with Crippen LogP contribution in [0.15, 0.2) is 53.4 Å². The number of hydrogen-bond donors (Lipinski definition) is 0. The van der Waals surface area contributed by atoms with Gasteiger partial charge in [-0.25, -0.2) is 0 Å². The first-order chi connectivity index (χ1) is 12.7. The molecule has 1 aliphatic heterocycles. The molecule has 3 aromatic rings. The molecule has 0 saturated heterocycles. The summed E-state index contributed by atoms with van der Waals surface area (Å²) < 4.78 is 14.3. The maximum Gasteiger partial charge on any atom is 0.272 e. The molecule has 5 nitrogen and oxygen atoms in total. The number of amides is 1. The highest BCUT2D eigenvalue weighted by atomic mass is 32.1. The van der Waals surface area contributed by atoms with E-state index in [0.717, 1.165) is 26.6 Å². The molecule has 0 saturated carbocycles. The van der Waals surface area contributed by atoms with Crippen molar-refractivity contribution in [1.82, 2.24) is 4.57 Å². The molecule has 1 aromatic carbocycles. The first-order valence-electron chi connectivity index (χ1n) is 8.09. The first kappa shape index (κ1) is 16.8. The van der Waals surface area contributed by atoms with Crippen LogP contribution in [-0.2, 0) is 11.3 Å². The number of nitrogens with zero attached hydrogens (tertiary/aromatic N) is 2. The van der Waals surface area contributed by atoms with Crippen LogP contribution < -0.4 is 14.3 Å². The fourth-order valence-electron chi connectivity index (χ4n) is 2.67. The van der Waals surface area contributed by atoms with Gasteiger partial charge in [-0.3, -0.25) is 4.79 Å². The van der Waals surface area contributed by atoms with Crippen LogP contribution in [0.4, 0.5) is 0 Å². The minimum absolute atomic E-state index is 0.292. The number of carbonyl (C=O) groups is 1. The smallest absolute Gasteiger partial charge is 0.272 e. The van der Waals surface area contributed by atoms with Crippen molar-refractivity contribution in [2.24, 2.45) is 4.99 Å². The number of rotatable bonds is 4. The number of aromatic nitrogens is 1. The average molecular weight is 384 g/mol. The molecule has 0 spiro atoms. The van der Waals surface area contributed by atoms with Gasteiger partial charge in [-0.2, -0.15) is 4.99 Å². The van der Waals surface area contributed by atoms with Crippen LogP contribution in [0.1, 0.15) is 4.88 Å². The molecule has 0 bridgehead atoms. The van der Waals surface area contributed by atoms with Crippen molar-refractivity contribution in [3.8, 4) is 11.5 Å². The lowest BCUT2D eigenvalue weighted by Crippen LogP contribution is -2.17. The molecular formula is C19H16N2O3S2. The Morgan fingerprint density at radius 2 is 2.12 bits per heavy atom. The molecule has 2 aromatic heterocycles. The van der Waals surface area contributed by atoms with Crippen LogP contribution in [-0.4, -0.2) is 23.7 Å². The fourth-order valence-corrected chi connectivity index (χ4v) is 4.34. The summed E-state index contributed by atoms with van der Waals surface area (Å²) in [7, 11) is 0. The molecule has 7 heteroatoms. The van der Waals surface area contributed by atoms with Gasteiger partial charge in [-0.15, -0.1) is 17.9 Å². The summed E-state index contributed by atoms with van der Waals surface area (Å²) in [6, 6.07) is 7.78. The summed E-state index contributed by atoms with van der Waals surface area (Å²) >= 11 is 3.03. The van der Waals surface area contributed by atoms with Gasteiger partial charge in [0.25, 0.3) is 5.91 Å². The van der Waals surface area contributed by atoms with Gasteiger partial charge in [0.1, 0.15) is 13.2 Å². The van der Waals surface area contributed by atoms with Gasteiger partial charge in [0.15, 0.2) is 16.3 Å². The molecule has 4 rings (SSSR count). The molecule has 0 aliphatic carbocycles. The number of hydrogen-bond acceptors (Lipinski definition) is 5. The summed E-state index contributed by atoms with van der Waals surface area (Å²) in [5, 5.41) is 1.97. The molecule has 0 radical (unpaired) electrons. The molecule has 0 N–H and O–H groups in total. The number of thiazole rings is 1. The van der Waals surface area contributed by atoms with E-state index in [9.17, 15) is 4.79 Å². The summed E-state index contributed by atoms with van der Waals surface area (Å²) in [5.74, 6) is 1.15. The maximum atomic E-state index is 12.3. The van der Waals surface area contributed by atoms with Crippen molar-refractivity contribution in [2.75, 3.05) is 13.2 Å².